The molecule has 0 spiro atoms. The van der Waals surface area contributed by atoms with Gasteiger partial charge in [-0.2, -0.15) is 5.10 Å². The van der Waals surface area contributed by atoms with Crippen molar-refractivity contribution in [3.63, 3.8) is 0 Å². The van der Waals surface area contributed by atoms with Crippen LogP contribution in [0.1, 0.15) is 12.8 Å². The summed E-state index contributed by atoms with van der Waals surface area (Å²) in [6.07, 6.45) is 5.98. The van der Waals surface area contributed by atoms with Crippen molar-refractivity contribution in [2.45, 2.75) is 18.9 Å². The summed E-state index contributed by atoms with van der Waals surface area (Å²) in [5, 5.41) is 9.50. The molecule has 0 radical (unpaired) electrons. The Kier molecular flexibility index (Phi) is 4.53. The molecule has 1 fully saturated rings. The Bertz CT molecular complexity index is 870. The molecule has 1 unspecified atom stereocenters. The number of nitrogens with zero attached hydrogens (tertiary/aromatic N) is 5. The molecule has 25 heavy (non-hydrogen) atoms. The van der Waals surface area contributed by atoms with Gasteiger partial charge >= 0.3 is 0 Å². The first kappa shape index (κ1) is 16.3. The van der Waals surface area contributed by atoms with E-state index in [-0.39, 0.29) is 0 Å². The van der Waals surface area contributed by atoms with Crippen molar-refractivity contribution < 1.29 is 0 Å². The smallest absolute Gasteiger partial charge is 0.151 e. The monoisotopic (exact) mass is 397 g/mol. The number of halogens is 1. The Balaban J connectivity index is 1.59. The highest BCUT2D eigenvalue weighted by Gasteiger charge is 2.27. The zero-order chi connectivity index (χ0) is 17.2. The standard InChI is InChI=1S/C19H20BrN5/c1-24(18-8-10-21-17-12-14(20)6-7-16(17)18)13-15-4-3-11-25(15)19-5-2-9-22-23-19/h2,5-10,12,15H,3-4,11,13H2,1H3. The second-order valence-corrected chi connectivity index (χ2v) is 7.36. The Hall–Kier alpha value is -2.21. The van der Waals surface area contributed by atoms with E-state index in [1.54, 1.807) is 6.20 Å². The van der Waals surface area contributed by atoms with E-state index in [1.807, 2.05) is 18.3 Å². The lowest BCUT2D eigenvalue weighted by molar-refractivity contribution is 0.647. The van der Waals surface area contributed by atoms with Gasteiger partial charge in [-0.1, -0.05) is 15.9 Å². The third-order valence-corrected chi connectivity index (χ3v) is 5.30. The molecule has 0 aliphatic carbocycles. The highest BCUT2D eigenvalue weighted by atomic mass is 79.9. The molecule has 3 heterocycles. The first-order chi connectivity index (χ1) is 12.2. The molecule has 6 heteroatoms. The SMILES string of the molecule is CN(CC1CCCN1c1cccnn1)c1ccnc2cc(Br)ccc12. The fraction of sp³-hybridized carbons (Fsp3) is 0.316. The van der Waals surface area contributed by atoms with Gasteiger partial charge in [0.1, 0.15) is 0 Å². The minimum absolute atomic E-state index is 0.445. The summed E-state index contributed by atoms with van der Waals surface area (Å²) in [5.41, 5.74) is 2.22. The minimum atomic E-state index is 0.445. The fourth-order valence-corrected chi connectivity index (χ4v) is 3.98. The largest absolute Gasteiger partial charge is 0.372 e. The molecule has 0 saturated carbocycles. The van der Waals surface area contributed by atoms with Gasteiger partial charge in [0.25, 0.3) is 0 Å². The Labute approximate surface area is 155 Å². The topological polar surface area (TPSA) is 45.2 Å². The molecule has 1 saturated heterocycles. The average molecular weight is 398 g/mol. The molecule has 1 aromatic carbocycles. The second kappa shape index (κ2) is 6.96. The molecule has 4 rings (SSSR count). The third-order valence-electron chi connectivity index (χ3n) is 4.81. The first-order valence-corrected chi connectivity index (χ1v) is 9.31. The highest BCUT2D eigenvalue weighted by molar-refractivity contribution is 9.10. The van der Waals surface area contributed by atoms with Gasteiger partial charge in [0.15, 0.2) is 5.82 Å². The zero-order valence-corrected chi connectivity index (χ0v) is 15.7. The molecule has 0 bridgehead atoms. The lowest BCUT2D eigenvalue weighted by Gasteiger charge is -2.30. The Morgan fingerprint density at radius 1 is 1.24 bits per heavy atom. The molecule has 128 valence electrons. The quantitative estimate of drug-likeness (QED) is 0.667. The van der Waals surface area contributed by atoms with Crippen LogP contribution < -0.4 is 9.80 Å². The summed E-state index contributed by atoms with van der Waals surface area (Å²) in [7, 11) is 2.16. The van der Waals surface area contributed by atoms with Crippen LogP contribution in [0, 0.1) is 0 Å². The zero-order valence-electron chi connectivity index (χ0n) is 14.1. The van der Waals surface area contributed by atoms with Crippen LogP contribution in [-0.2, 0) is 0 Å². The Morgan fingerprint density at radius 3 is 3.00 bits per heavy atom. The second-order valence-electron chi connectivity index (χ2n) is 6.44. The van der Waals surface area contributed by atoms with Gasteiger partial charge < -0.3 is 9.80 Å². The van der Waals surface area contributed by atoms with Crippen molar-refractivity contribution in [3.8, 4) is 0 Å². The molecule has 5 nitrogen and oxygen atoms in total. The average Bonchev–Trinajstić information content (AvgIpc) is 3.09. The van der Waals surface area contributed by atoms with Gasteiger partial charge in [-0.3, -0.25) is 4.98 Å². The molecule has 3 aromatic rings. The maximum atomic E-state index is 4.49. The van der Waals surface area contributed by atoms with Crippen molar-refractivity contribution in [3.05, 3.63) is 53.3 Å². The van der Waals surface area contributed by atoms with Gasteiger partial charge in [-0.25, -0.2) is 0 Å². The summed E-state index contributed by atoms with van der Waals surface area (Å²) in [4.78, 5) is 9.20. The van der Waals surface area contributed by atoms with E-state index in [0.29, 0.717) is 6.04 Å². The van der Waals surface area contributed by atoms with Gasteiger partial charge in [0, 0.05) is 54.1 Å². The number of aromatic nitrogens is 3. The lowest BCUT2D eigenvalue weighted by Crippen LogP contribution is -2.39. The van der Waals surface area contributed by atoms with Gasteiger partial charge in [0.05, 0.1) is 5.52 Å². The number of fused-ring (bicyclic) bond motifs is 1. The van der Waals surface area contributed by atoms with E-state index in [9.17, 15) is 0 Å². The van der Waals surface area contributed by atoms with E-state index >= 15 is 0 Å². The number of hydrogen-bond donors (Lipinski definition) is 0. The predicted octanol–water partition coefficient (Wildman–Crippen LogP) is 3.89. The van der Waals surface area contributed by atoms with Crippen molar-refractivity contribution in [1.29, 1.82) is 0 Å². The summed E-state index contributed by atoms with van der Waals surface area (Å²) in [5.74, 6) is 0.974. The lowest BCUT2D eigenvalue weighted by atomic mass is 10.1. The van der Waals surface area contributed by atoms with Crippen LogP contribution in [0.4, 0.5) is 11.5 Å². The number of likely N-dealkylation sites (N-methyl/N-ethyl adjacent to an activating group) is 1. The van der Waals surface area contributed by atoms with E-state index in [2.05, 4.69) is 72.2 Å². The summed E-state index contributed by atoms with van der Waals surface area (Å²) < 4.78 is 1.05. The van der Waals surface area contributed by atoms with E-state index in [1.165, 1.54) is 23.9 Å². The summed E-state index contributed by atoms with van der Waals surface area (Å²) in [6, 6.07) is 12.8. The van der Waals surface area contributed by atoms with Crippen molar-refractivity contribution >= 4 is 38.3 Å². The van der Waals surface area contributed by atoms with Crippen LogP contribution in [0.2, 0.25) is 0 Å². The summed E-state index contributed by atoms with van der Waals surface area (Å²) >= 11 is 3.53. The van der Waals surface area contributed by atoms with Crippen molar-refractivity contribution in [1.82, 2.24) is 15.2 Å². The fourth-order valence-electron chi connectivity index (χ4n) is 3.63. The van der Waals surface area contributed by atoms with Gasteiger partial charge in [-0.05, 0) is 49.2 Å². The maximum Gasteiger partial charge on any atom is 0.151 e. The number of pyridine rings is 1. The van der Waals surface area contributed by atoms with E-state index in [4.69, 9.17) is 0 Å². The molecule has 1 aliphatic rings. The number of rotatable bonds is 4. The van der Waals surface area contributed by atoms with E-state index in [0.717, 1.165) is 28.9 Å². The summed E-state index contributed by atoms with van der Waals surface area (Å²) in [6.45, 7) is 1.99. The number of benzene rings is 1. The van der Waals surface area contributed by atoms with Crippen LogP contribution in [-0.4, -0.2) is 41.4 Å². The molecular weight excluding hydrogens is 378 g/mol. The minimum Gasteiger partial charge on any atom is -0.372 e. The molecule has 1 atom stereocenters. The van der Waals surface area contributed by atoms with Gasteiger partial charge in [-0.15, -0.1) is 5.10 Å². The molecule has 2 aromatic heterocycles. The van der Waals surface area contributed by atoms with Crippen molar-refractivity contribution in [2.75, 3.05) is 29.9 Å². The number of anilines is 2. The van der Waals surface area contributed by atoms with Crippen LogP contribution in [0.5, 0.6) is 0 Å². The molecular formula is C19H20BrN5. The van der Waals surface area contributed by atoms with Crippen LogP contribution in [0.15, 0.2) is 53.3 Å². The molecule has 1 aliphatic heterocycles. The predicted molar refractivity (Wildman–Crippen MR) is 105 cm³/mol. The first-order valence-electron chi connectivity index (χ1n) is 8.52. The van der Waals surface area contributed by atoms with E-state index < -0.39 is 0 Å². The highest BCUT2D eigenvalue weighted by Crippen LogP contribution is 2.29. The van der Waals surface area contributed by atoms with Gasteiger partial charge in [0.2, 0.25) is 0 Å². The number of hydrogen-bond acceptors (Lipinski definition) is 5. The molecule has 0 amide bonds. The maximum absolute atomic E-state index is 4.49. The van der Waals surface area contributed by atoms with Crippen LogP contribution in [0.25, 0.3) is 10.9 Å². The normalized spacial score (nSPS) is 17.2. The molecule has 0 N–H and O–H groups in total. The van der Waals surface area contributed by atoms with Crippen molar-refractivity contribution in [2.24, 2.45) is 0 Å². The Morgan fingerprint density at radius 2 is 2.16 bits per heavy atom. The van der Waals surface area contributed by atoms with Crippen LogP contribution >= 0.6 is 15.9 Å². The van der Waals surface area contributed by atoms with Crippen LogP contribution in [0.3, 0.4) is 0 Å². The third kappa shape index (κ3) is 3.31.